The predicted octanol–water partition coefficient (Wildman–Crippen LogP) is 7.33. The zero-order valence-corrected chi connectivity index (χ0v) is 25.4. The van der Waals surface area contributed by atoms with E-state index in [0.717, 1.165) is 6.07 Å². The van der Waals surface area contributed by atoms with Crippen molar-refractivity contribution in [2.75, 3.05) is 23.9 Å². The number of aromatic hydroxyl groups is 2. The first-order valence-corrected chi connectivity index (χ1v) is 16.3. The molecule has 0 aromatic heterocycles. The van der Waals surface area contributed by atoms with Crippen LogP contribution in [0.5, 0.6) is 11.5 Å². The van der Waals surface area contributed by atoms with Gasteiger partial charge in [0.25, 0.3) is 0 Å². The van der Waals surface area contributed by atoms with Gasteiger partial charge < -0.3 is 15.5 Å². The summed E-state index contributed by atoms with van der Waals surface area (Å²) < 4.78 is 49.0. The lowest BCUT2D eigenvalue weighted by molar-refractivity contribution is 0.473. The van der Waals surface area contributed by atoms with Crippen LogP contribution >= 0.6 is 0 Å². The van der Waals surface area contributed by atoms with E-state index in [1.807, 2.05) is 0 Å². The van der Waals surface area contributed by atoms with Crippen LogP contribution in [0.3, 0.4) is 0 Å². The molecule has 0 fully saturated rings. The van der Waals surface area contributed by atoms with E-state index in [0.29, 0.717) is 39.0 Å². The predicted molar refractivity (Wildman–Crippen MR) is 163 cm³/mol. The van der Waals surface area contributed by atoms with Crippen molar-refractivity contribution in [2.45, 2.75) is 37.5 Å². The fourth-order valence-corrected chi connectivity index (χ4v) is 6.41. The Bertz CT molecular complexity index is 1970. The summed E-state index contributed by atoms with van der Waals surface area (Å²) >= 11 is 0. The molecule has 13 heteroatoms. The average molecular weight is 610 g/mol. The maximum atomic E-state index is 12.3. The molecule has 0 bridgehead atoms. The molecule has 0 saturated heterocycles. The second kappa shape index (κ2) is 11.9. The van der Waals surface area contributed by atoms with Crippen molar-refractivity contribution in [3.63, 3.8) is 0 Å². The molecule has 0 radical (unpaired) electrons. The van der Waals surface area contributed by atoms with Crippen molar-refractivity contribution >= 4 is 58.9 Å². The van der Waals surface area contributed by atoms with Crippen LogP contribution < -0.4 is 5.32 Å². The monoisotopic (exact) mass is 609 g/mol. The number of nitrogens with one attached hydrogen (secondary N) is 1. The maximum absolute atomic E-state index is 12.3. The summed E-state index contributed by atoms with van der Waals surface area (Å²) in [6, 6.07) is 13.9. The number of anilines is 1. The van der Waals surface area contributed by atoms with Gasteiger partial charge in [-0.05, 0) is 73.5 Å². The molecular formula is C29H31N5O6S2. The Labute approximate surface area is 244 Å². The quantitative estimate of drug-likeness (QED) is 0.167. The van der Waals surface area contributed by atoms with Gasteiger partial charge in [-0.1, -0.05) is 13.8 Å². The number of azo groups is 2. The van der Waals surface area contributed by atoms with Crippen LogP contribution in [0.2, 0.25) is 0 Å². The summed E-state index contributed by atoms with van der Waals surface area (Å²) in [5.41, 5.74) is 2.81. The van der Waals surface area contributed by atoms with Crippen molar-refractivity contribution in [3.05, 3.63) is 65.7 Å². The van der Waals surface area contributed by atoms with Gasteiger partial charge in [-0.25, -0.2) is 16.8 Å². The third-order valence-electron chi connectivity index (χ3n) is 6.81. The van der Waals surface area contributed by atoms with E-state index in [-0.39, 0.29) is 44.2 Å². The van der Waals surface area contributed by atoms with E-state index >= 15 is 0 Å². The molecule has 0 heterocycles. The van der Waals surface area contributed by atoms with Gasteiger partial charge in [-0.2, -0.15) is 5.11 Å². The molecule has 0 aliphatic carbocycles. The second-order valence-electron chi connectivity index (χ2n) is 9.50. The van der Waals surface area contributed by atoms with Crippen molar-refractivity contribution < 1.29 is 27.0 Å². The highest BCUT2D eigenvalue weighted by molar-refractivity contribution is 7.91. The Kier molecular flexibility index (Phi) is 8.64. The first kappa shape index (κ1) is 30.6. The molecule has 0 saturated carbocycles. The summed E-state index contributed by atoms with van der Waals surface area (Å²) in [7, 11) is -5.16. The van der Waals surface area contributed by atoms with Gasteiger partial charge in [-0.15, -0.1) is 15.3 Å². The molecule has 0 amide bonds. The smallest absolute Gasteiger partial charge is 0.178 e. The highest BCUT2D eigenvalue weighted by atomic mass is 32.2. The number of benzene rings is 4. The van der Waals surface area contributed by atoms with Gasteiger partial charge >= 0.3 is 0 Å². The van der Waals surface area contributed by atoms with Crippen LogP contribution in [0.15, 0.2) is 84.8 Å². The van der Waals surface area contributed by atoms with E-state index in [2.05, 4.69) is 25.8 Å². The van der Waals surface area contributed by atoms with Gasteiger partial charge in [0.1, 0.15) is 22.8 Å². The molecule has 0 unspecified atom stereocenters. The van der Waals surface area contributed by atoms with Crippen LogP contribution in [0.25, 0.3) is 10.8 Å². The van der Waals surface area contributed by atoms with E-state index in [4.69, 9.17) is 0 Å². The minimum atomic E-state index is -3.53. The van der Waals surface area contributed by atoms with Crippen molar-refractivity contribution in [2.24, 2.45) is 20.5 Å². The molecule has 4 rings (SSSR count). The number of fused-ring (bicyclic) bond motifs is 1. The minimum absolute atomic E-state index is 0.00372. The molecular weight excluding hydrogens is 578 g/mol. The normalized spacial score (nSPS) is 12.5. The maximum Gasteiger partial charge on any atom is 0.178 e. The molecule has 3 N–H and O–H groups in total. The highest BCUT2D eigenvalue weighted by Crippen LogP contribution is 2.43. The summed E-state index contributed by atoms with van der Waals surface area (Å²) in [6.45, 7) is 6.47. The van der Waals surface area contributed by atoms with Crippen LogP contribution in [0.1, 0.15) is 25.0 Å². The molecule has 4 aromatic carbocycles. The van der Waals surface area contributed by atoms with Gasteiger partial charge in [0.05, 0.1) is 32.7 Å². The molecule has 11 nitrogen and oxygen atoms in total. The molecule has 4 aromatic rings. The van der Waals surface area contributed by atoms with E-state index in [9.17, 15) is 27.0 Å². The van der Waals surface area contributed by atoms with Crippen molar-refractivity contribution in [1.29, 1.82) is 0 Å². The second-order valence-corrected chi connectivity index (χ2v) is 14.0. The van der Waals surface area contributed by atoms with Crippen LogP contribution in [-0.4, -0.2) is 45.6 Å². The molecule has 0 atom stereocenters. The standard InChI is InChI=1S/C29H31N5O6S2/c1-6-41(37,38)19-8-11-22(17(3)14-19)31-34-28-20-9-13-24(29(36)21(20)10-12-23(28)30-5)32-33-25-15-18(4)27(16-26(25)35)42(39,40)7-2/h8-16,30,35-36H,6-7H2,1-5H3. The first-order valence-electron chi connectivity index (χ1n) is 13.0. The number of hydrogen-bond acceptors (Lipinski definition) is 11. The molecule has 220 valence electrons. The number of hydrogen-bond donors (Lipinski definition) is 3. The number of phenols is 2. The van der Waals surface area contributed by atoms with Gasteiger partial charge in [0.2, 0.25) is 0 Å². The van der Waals surface area contributed by atoms with Gasteiger partial charge in [0, 0.05) is 23.9 Å². The van der Waals surface area contributed by atoms with Crippen molar-refractivity contribution in [1.82, 2.24) is 0 Å². The third-order valence-corrected chi connectivity index (χ3v) is 10.4. The lowest BCUT2D eigenvalue weighted by atomic mass is 10.1. The lowest BCUT2D eigenvalue weighted by Crippen LogP contribution is -2.05. The molecule has 0 aliphatic heterocycles. The first-order chi connectivity index (χ1) is 19.8. The van der Waals surface area contributed by atoms with E-state index in [1.54, 1.807) is 58.2 Å². The van der Waals surface area contributed by atoms with E-state index in [1.165, 1.54) is 25.1 Å². The largest absolute Gasteiger partial charge is 0.506 e. The summed E-state index contributed by atoms with van der Waals surface area (Å²) in [4.78, 5) is 0.244. The number of aryl methyl sites for hydroxylation is 2. The Balaban J connectivity index is 1.73. The van der Waals surface area contributed by atoms with Gasteiger partial charge in [0.15, 0.2) is 25.4 Å². The summed E-state index contributed by atoms with van der Waals surface area (Å²) in [5.74, 6) is -0.642. The fourth-order valence-electron chi connectivity index (χ4n) is 4.30. The number of phenolic OH excluding ortho intramolecular Hbond substituents is 2. The average Bonchev–Trinajstić information content (AvgIpc) is 2.97. The van der Waals surface area contributed by atoms with E-state index < -0.39 is 19.7 Å². The number of rotatable bonds is 9. The van der Waals surface area contributed by atoms with Crippen molar-refractivity contribution in [3.8, 4) is 11.5 Å². The minimum Gasteiger partial charge on any atom is -0.506 e. The SMILES string of the molecule is CCS(=O)(=O)c1ccc(N=Nc2c(NC)ccc3c(O)c(N=Nc4cc(C)c(S(=O)(=O)CC)cc4O)ccc23)c(C)c1. The van der Waals surface area contributed by atoms with Crippen LogP contribution in [-0.2, 0) is 19.7 Å². The molecule has 0 aliphatic rings. The molecule has 0 spiro atoms. The summed E-state index contributed by atoms with van der Waals surface area (Å²) in [6.07, 6.45) is 0. The third kappa shape index (κ3) is 5.97. The highest BCUT2D eigenvalue weighted by Gasteiger charge is 2.18. The van der Waals surface area contributed by atoms with Gasteiger partial charge in [-0.3, -0.25) is 0 Å². The molecule has 42 heavy (non-hydrogen) atoms. The van der Waals surface area contributed by atoms with Crippen LogP contribution in [0.4, 0.5) is 28.4 Å². The Hall–Kier alpha value is -4.36. The zero-order chi connectivity index (χ0) is 30.8. The topological polar surface area (TPSA) is 170 Å². The van der Waals surface area contributed by atoms with Crippen LogP contribution in [0, 0.1) is 13.8 Å². The Morgan fingerprint density at radius 1 is 0.690 bits per heavy atom. The lowest BCUT2D eigenvalue weighted by Gasteiger charge is -2.11. The number of sulfone groups is 2. The Morgan fingerprint density at radius 2 is 1.31 bits per heavy atom. The summed E-state index contributed by atoms with van der Waals surface area (Å²) in [5, 5.41) is 42.4. The fraction of sp³-hybridized carbons (Fsp3) is 0.241. The Morgan fingerprint density at radius 3 is 1.95 bits per heavy atom. The number of nitrogens with zero attached hydrogens (tertiary/aromatic N) is 4. The zero-order valence-electron chi connectivity index (χ0n) is 23.7.